The number of aromatic nitrogens is 1. The summed E-state index contributed by atoms with van der Waals surface area (Å²) in [4.78, 5) is 18.1. The molecule has 0 aromatic carbocycles. The quantitative estimate of drug-likeness (QED) is 0.612. The molecule has 0 atom stereocenters. The number of hydrogen-bond donors (Lipinski definition) is 2. The molecule has 0 radical (unpaired) electrons. The Hall–Kier alpha value is -1.62. The molecule has 17 heavy (non-hydrogen) atoms. The van der Waals surface area contributed by atoms with Gasteiger partial charge in [0.15, 0.2) is 0 Å². The maximum Gasteiger partial charge on any atom is 0.254 e. The molecule has 3 N–H and O–H groups in total. The Morgan fingerprint density at radius 1 is 1.53 bits per heavy atom. The van der Waals surface area contributed by atoms with Crippen LogP contribution in [0.5, 0.6) is 0 Å². The van der Waals surface area contributed by atoms with Crippen molar-refractivity contribution in [3.63, 3.8) is 0 Å². The second-order valence-electron chi connectivity index (χ2n) is 4.24. The van der Waals surface area contributed by atoms with Crippen molar-refractivity contribution >= 4 is 11.7 Å². The summed E-state index contributed by atoms with van der Waals surface area (Å²) >= 11 is 0. The predicted octanol–water partition coefficient (Wildman–Crippen LogP) is 1.41. The van der Waals surface area contributed by atoms with E-state index in [1.54, 1.807) is 18.0 Å². The van der Waals surface area contributed by atoms with Crippen LogP contribution in [0.3, 0.4) is 0 Å². The minimum atomic E-state index is -0.0198. The van der Waals surface area contributed by atoms with E-state index < -0.39 is 0 Å². The highest BCUT2D eigenvalue weighted by molar-refractivity contribution is 5.95. The third-order valence-electron chi connectivity index (χ3n) is 2.73. The summed E-state index contributed by atoms with van der Waals surface area (Å²) in [5.74, 6) is 5.84. The summed E-state index contributed by atoms with van der Waals surface area (Å²) in [5, 5.41) is 0. The van der Waals surface area contributed by atoms with E-state index in [9.17, 15) is 4.79 Å². The number of carbonyl (C=O) groups is 1. The Labute approximate surface area is 102 Å². The number of pyridine rings is 1. The van der Waals surface area contributed by atoms with Crippen molar-refractivity contribution in [1.82, 2.24) is 9.88 Å². The van der Waals surface area contributed by atoms with Crippen LogP contribution in [0.2, 0.25) is 0 Å². The van der Waals surface area contributed by atoms with E-state index in [-0.39, 0.29) is 11.9 Å². The fourth-order valence-electron chi connectivity index (χ4n) is 1.40. The van der Waals surface area contributed by atoms with E-state index >= 15 is 0 Å². The fraction of sp³-hybridized carbons (Fsp3) is 0.500. The fourth-order valence-corrected chi connectivity index (χ4v) is 1.40. The van der Waals surface area contributed by atoms with Crippen LogP contribution >= 0.6 is 0 Å². The normalized spacial score (nSPS) is 10.5. The molecule has 0 aliphatic heterocycles. The SMILES string of the molecule is CCc1cc(C(=O)N(C)C(C)C)cc(NN)n1. The van der Waals surface area contributed by atoms with Crippen LogP contribution in [0, 0.1) is 0 Å². The second kappa shape index (κ2) is 5.63. The number of carbonyl (C=O) groups excluding carboxylic acids is 1. The molecule has 0 saturated carbocycles. The zero-order valence-corrected chi connectivity index (χ0v) is 10.8. The van der Waals surface area contributed by atoms with Gasteiger partial charge in [0.05, 0.1) is 0 Å². The van der Waals surface area contributed by atoms with Crippen molar-refractivity contribution < 1.29 is 4.79 Å². The number of nitrogens with one attached hydrogen (secondary N) is 1. The molecular formula is C12H20N4O. The molecule has 94 valence electrons. The highest BCUT2D eigenvalue weighted by Gasteiger charge is 2.15. The predicted molar refractivity (Wildman–Crippen MR) is 68.7 cm³/mol. The molecule has 0 aliphatic carbocycles. The van der Waals surface area contributed by atoms with Gasteiger partial charge in [-0.05, 0) is 32.4 Å². The van der Waals surface area contributed by atoms with E-state index in [2.05, 4.69) is 10.4 Å². The minimum Gasteiger partial charge on any atom is -0.339 e. The number of hydrogen-bond acceptors (Lipinski definition) is 4. The Kier molecular flexibility index (Phi) is 4.45. The maximum atomic E-state index is 12.2. The van der Waals surface area contributed by atoms with Crippen molar-refractivity contribution in [2.24, 2.45) is 5.84 Å². The Morgan fingerprint density at radius 3 is 2.65 bits per heavy atom. The summed E-state index contributed by atoms with van der Waals surface area (Å²) in [6, 6.07) is 3.64. The third-order valence-corrected chi connectivity index (χ3v) is 2.73. The average molecular weight is 236 g/mol. The largest absolute Gasteiger partial charge is 0.339 e. The highest BCUT2D eigenvalue weighted by Crippen LogP contribution is 2.13. The molecule has 1 amide bonds. The van der Waals surface area contributed by atoms with Crippen LogP contribution in [-0.2, 0) is 6.42 Å². The van der Waals surface area contributed by atoms with Crippen molar-refractivity contribution in [2.75, 3.05) is 12.5 Å². The number of nitrogens with two attached hydrogens (primary N) is 1. The second-order valence-corrected chi connectivity index (χ2v) is 4.24. The Bertz CT molecular complexity index is 381. The molecule has 0 saturated heterocycles. The van der Waals surface area contributed by atoms with Gasteiger partial charge in [0.1, 0.15) is 5.82 Å². The van der Waals surface area contributed by atoms with Crippen LogP contribution in [-0.4, -0.2) is 28.9 Å². The molecular weight excluding hydrogens is 216 g/mol. The van der Waals surface area contributed by atoms with Gasteiger partial charge in [-0.3, -0.25) is 4.79 Å². The lowest BCUT2D eigenvalue weighted by molar-refractivity contribution is 0.0755. The molecule has 1 aromatic heterocycles. The third kappa shape index (κ3) is 3.17. The van der Waals surface area contributed by atoms with Crippen molar-refractivity contribution in [3.05, 3.63) is 23.4 Å². The average Bonchev–Trinajstić information content (AvgIpc) is 2.35. The standard InChI is InChI=1S/C12H20N4O/c1-5-10-6-9(7-11(14-10)15-13)12(17)16(4)8(2)3/h6-8H,5,13H2,1-4H3,(H,14,15). The van der Waals surface area contributed by atoms with Gasteiger partial charge in [-0.2, -0.15) is 0 Å². The monoisotopic (exact) mass is 236 g/mol. The summed E-state index contributed by atoms with van der Waals surface area (Å²) in [7, 11) is 1.79. The molecule has 0 aliphatic rings. The van der Waals surface area contributed by atoms with Crippen LogP contribution in [0.4, 0.5) is 5.82 Å². The van der Waals surface area contributed by atoms with E-state index in [1.807, 2.05) is 26.8 Å². The van der Waals surface area contributed by atoms with Crippen molar-refractivity contribution in [3.8, 4) is 0 Å². The van der Waals surface area contributed by atoms with E-state index in [0.29, 0.717) is 11.4 Å². The smallest absolute Gasteiger partial charge is 0.254 e. The topological polar surface area (TPSA) is 71.2 Å². The molecule has 0 unspecified atom stereocenters. The first-order valence-electron chi connectivity index (χ1n) is 5.74. The van der Waals surface area contributed by atoms with Gasteiger partial charge >= 0.3 is 0 Å². The summed E-state index contributed by atoms with van der Waals surface area (Å²) in [6.07, 6.45) is 0.765. The Morgan fingerprint density at radius 2 is 2.18 bits per heavy atom. The van der Waals surface area contributed by atoms with E-state index in [4.69, 9.17) is 5.84 Å². The molecule has 1 heterocycles. The molecule has 1 aromatic rings. The minimum absolute atomic E-state index is 0.0198. The molecule has 0 spiro atoms. The zero-order chi connectivity index (χ0) is 13.0. The number of nitrogens with zero attached hydrogens (tertiary/aromatic N) is 2. The molecule has 0 fully saturated rings. The lowest BCUT2D eigenvalue weighted by Crippen LogP contribution is -2.33. The summed E-state index contributed by atoms with van der Waals surface area (Å²) in [6.45, 7) is 5.94. The van der Waals surface area contributed by atoms with Crippen LogP contribution in [0.15, 0.2) is 12.1 Å². The number of anilines is 1. The number of amides is 1. The first kappa shape index (κ1) is 13.4. The number of aryl methyl sites for hydroxylation is 1. The first-order chi connectivity index (χ1) is 7.99. The van der Waals surface area contributed by atoms with Crippen molar-refractivity contribution in [2.45, 2.75) is 33.2 Å². The Balaban J connectivity index is 3.08. The molecule has 1 rings (SSSR count). The first-order valence-corrected chi connectivity index (χ1v) is 5.74. The van der Waals surface area contributed by atoms with Gasteiger partial charge in [-0.25, -0.2) is 10.8 Å². The lowest BCUT2D eigenvalue weighted by Gasteiger charge is -2.21. The number of rotatable bonds is 4. The summed E-state index contributed by atoms with van der Waals surface area (Å²) < 4.78 is 0. The zero-order valence-electron chi connectivity index (χ0n) is 10.8. The van der Waals surface area contributed by atoms with Gasteiger partial charge in [0, 0.05) is 24.3 Å². The van der Waals surface area contributed by atoms with Crippen LogP contribution in [0.1, 0.15) is 36.8 Å². The molecule has 5 nitrogen and oxygen atoms in total. The van der Waals surface area contributed by atoms with Crippen LogP contribution in [0.25, 0.3) is 0 Å². The van der Waals surface area contributed by atoms with Gasteiger partial charge < -0.3 is 10.3 Å². The number of nitrogen functional groups attached to an aromatic ring is 1. The van der Waals surface area contributed by atoms with E-state index in [1.165, 1.54) is 0 Å². The molecule has 5 heteroatoms. The van der Waals surface area contributed by atoms with Gasteiger partial charge in [0.25, 0.3) is 5.91 Å². The van der Waals surface area contributed by atoms with Crippen molar-refractivity contribution in [1.29, 1.82) is 0 Å². The molecule has 0 bridgehead atoms. The van der Waals surface area contributed by atoms with Gasteiger partial charge in [-0.1, -0.05) is 6.92 Å². The van der Waals surface area contributed by atoms with E-state index in [0.717, 1.165) is 12.1 Å². The summed E-state index contributed by atoms with van der Waals surface area (Å²) in [5.41, 5.74) is 3.94. The highest BCUT2D eigenvalue weighted by atomic mass is 16.2. The lowest BCUT2D eigenvalue weighted by atomic mass is 10.1. The van der Waals surface area contributed by atoms with Crippen LogP contribution < -0.4 is 11.3 Å². The maximum absolute atomic E-state index is 12.2. The number of hydrazine groups is 1. The van der Waals surface area contributed by atoms with Gasteiger partial charge in [0.2, 0.25) is 0 Å². The van der Waals surface area contributed by atoms with Gasteiger partial charge in [-0.15, -0.1) is 0 Å².